The molecule has 0 saturated carbocycles. The monoisotopic (exact) mass is 234 g/mol. The van der Waals surface area contributed by atoms with Crippen LogP contribution in [0.25, 0.3) is 20.6 Å². The summed E-state index contributed by atoms with van der Waals surface area (Å²) in [5, 5.41) is 2.11. The molecule has 3 heteroatoms. The van der Waals surface area contributed by atoms with Gasteiger partial charge in [0, 0.05) is 10.4 Å². The summed E-state index contributed by atoms with van der Waals surface area (Å²) >= 11 is 3.75. The van der Waals surface area contributed by atoms with E-state index in [-0.39, 0.29) is 0 Å². The van der Waals surface area contributed by atoms with E-state index in [1.54, 1.807) is 16.2 Å². The van der Waals surface area contributed by atoms with E-state index < -0.39 is 0 Å². The fraction of sp³-hybridized carbons (Fsp3) is 0.333. The minimum atomic E-state index is 0.689. The summed E-state index contributed by atoms with van der Waals surface area (Å²) < 4.78 is 8.70. The molecule has 3 aromatic heterocycles. The Morgan fingerprint density at radius 1 is 1.40 bits per heavy atom. The molecule has 0 radical (unpaired) electrons. The van der Waals surface area contributed by atoms with Crippen molar-refractivity contribution in [1.82, 2.24) is 0 Å². The average molecular weight is 234 g/mol. The number of furan rings is 1. The zero-order chi connectivity index (χ0) is 9.99. The molecule has 1 nitrogen and oxygen atoms in total. The minimum absolute atomic E-state index is 0.689. The van der Waals surface area contributed by atoms with Crippen molar-refractivity contribution in [3.8, 4) is 0 Å². The molecule has 0 bridgehead atoms. The van der Waals surface area contributed by atoms with Crippen molar-refractivity contribution in [2.24, 2.45) is 0 Å². The van der Waals surface area contributed by atoms with Gasteiger partial charge in [-0.25, -0.2) is 0 Å². The molecule has 1 unspecified atom stereocenters. The van der Waals surface area contributed by atoms with Crippen LogP contribution in [-0.2, 0) is 6.42 Å². The van der Waals surface area contributed by atoms with Crippen LogP contribution < -0.4 is 0 Å². The van der Waals surface area contributed by atoms with Crippen LogP contribution in [0.1, 0.15) is 29.7 Å². The highest BCUT2D eigenvalue weighted by Crippen LogP contribution is 2.48. The Balaban J connectivity index is 2.21. The van der Waals surface area contributed by atoms with Gasteiger partial charge in [-0.3, -0.25) is 0 Å². The van der Waals surface area contributed by atoms with Gasteiger partial charge in [-0.15, -0.1) is 22.7 Å². The fourth-order valence-electron chi connectivity index (χ4n) is 2.55. The summed E-state index contributed by atoms with van der Waals surface area (Å²) in [5.74, 6) is 0.689. The van der Waals surface area contributed by atoms with Gasteiger partial charge in [0.2, 0.25) is 0 Å². The Labute approximate surface area is 95.3 Å². The molecule has 3 heterocycles. The van der Waals surface area contributed by atoms with Gasteiger partial charge >= 0.3 is 0 Å². The summed E-state index contributed by atoms with van der Waals surface area (Å²) in [6.45, 7) is 2.31. The third-order valence-corrected chi connectivity index (χ3v) is 5.63. The standard InChI is InChI=1S/C12H10OS2/c1-6-2-3-8-9(6)10-12(15-8)11-7(13-10)4-5-14-11/h4-6H,2-3H2,1H3. The van der Waals surface area contributed by atoms with E-state index in [4.69, 9.17) is 4.42 Å². The molecule has 0 saturated heterocycles. The Morgan fingerprint density at radius 3 is 3.27 bits per heavy atom. The van der Waals surface area contributed by atoms with Crippen LogP contribution in [0.15, 0.2) is 15.9 Å². The molecule has 0 spiro atoms. The van der Waals surface area contributed by atoms with Crippen LogP contribution in [0.2, 0.25) is 0 Å². The van der Waals surface area contributed by atoms with Gasteiger partial charge in [0.15, 0.2) is 5.58 Å². The van der Waals surface area contributed by atoms with Crippen molar-refractivity contribution in [2.75, 3.05) is 0 Å². The van der Waals surface area contributed by atoms with E-state index >= 15 is 0 Å². The predicted molar refractivity (Wildman–Crippen MR) is 66.2 cm³/mol. The Morgan fingerprint density at radius 2 is 2.33 bits per heavy atom. The van der Waals surface area contributed by atoms with Crippen molar-refractivity contribution < 1.29 is 4.42 Å². The van der Waals surface area contributed by atoms with E-state index in [1.165, 1.54) is 33.4 Å². The Bertz CT molecular complexity index is 656. The summed E-state index contributed by atoms with van der Waals surface area (Å²) in [6, 6.07) is 2.08. The SMILES string of the molecule is CC1CCc2sc3c(oc4ccsc43)c21. The topological polar surface area (TPSA) is 13.1 Å². The molecule has 0 aliphatic heterocycles. The predicted octanol–water partition coefficient (Wildman–Crippen LogP) is 4.76. The maximum atomic E-state index is 5.97. The van der Waals surface area contributed by atoms with Crippen molar-refractivity contribution in [3.05, 3.63) is 21.9 Å². The molecule has 15 heavy (non-hydrogen) atoms. The van der Waals surface area contributed by atoms with Gasteiger partial charge < -0.3 is 4.42 Å². The van der Waals surface area contributed by atoms with E-state index in [0.29, 0.717) is 5.92 Å². The third-order valence-electron chi connectivity index (χ3n) is 3.32. The highest BCUT2D eigenvalue weighted by molar-refractivity contribution is 7.26. The van der Waals surface area contributed by atoms with Gasteiger partial charge in [-0.2, -0.15) is 0 Å². The lowest BCUT2D eigenvalue weighted by atomic mass is 10.1. The lowest BCUT2D eigenvalue weighted by Crippen LogP contribution is -1.82. The second-order valence-corrected chi connectivity index (χ2v) is 6.27. The molecular weight excluding hydrogens is 224 g/mol. The minimum Gasteiger partial charge on any atom is -0.454 e. The van der Waals surface area contributed by atoms with E-state index in [9.17, 15) is 0 Å². The third kappa shape index (κ3) is 0.930. The first kappa shape index (κ1) is 8.36. The first-order chi connectivity index (χ1) is 7.34. The van der Waals surface area contributed by atoms with Crippen LogP contribution in [0, 0.1) is 0 Å². The second-order valence-electron chi connectivity index (χ2n) is 4.25. The molecule has 1 aliphatic rings. The van der Waals surface area contributed by atoms with Crippen molar-refractivity contribution in [1.29, 1.82) is 0 Å². The molecule has 4 rings (SSSR count). The van der Waals surface area contributed by atoms with Gasteiger partial charge in [-0.1, -0.05) is 6.92 Å². The maximum absolute atomic E-state index is 5.97. The number of thiophene rings is 2. The normalized spacial score (nSPS) is 20.5. The lowest BCUT2D eigenvalue weighted by Gasteiger charge is -1.98. The summed E-state index contributed by atoms with van der Waals surface area (Å²) in [6.07, 6.45) is 2.55. The van der Waals surface area contributed by atoms with E-state index in [0.717, 1.165) is 5.58 Å². The van der Waals surface area contributed by atoms with Crippen molar-refractivity contribution in [3.63, 3.8) is 0 Å². The van der Waals surface area contributed by atoms with E-state index in [1.807, 2.05) is 11.3 Å². The molecule has 1 atom stereocenters. The number of hydrogen-bond donors (Lipinski definition) is 0. The summed E-state index contributed by atoms with van der Waals surface area (Å²) in [5.41, 5.74) is 3.75. The van der Waals surface area contributed by atoms with Gasteiger partial charge in [0.1, 0.15) is 5.58 Å². The molecular formula is C12H10OS2. The van der Waals surface area contributed by atoms with Gasteiger partial charge in [0.05, 0.1) is 9.40 Å². The molecule has 3 aromatic rings. The van der Waals surface area contributed by atoms with Crippen LogP contribution in [-0.4, -0.2) is 0 Å². The van der Waals surface area contributed by atoms with Crippen molar-refractivity contribution in [2.45, 2.75) is 25.7 Å². The Hall–Kier alpha value is -0.800. The average Bonchev–Trinajstić information content (AvgIpc) is 2.85. The summed E-state index contributed by atoms with van der Waals surface area (Å²) in [4.78, 5) is 1.56. The van der Waals surface area contributed by atoms with Crippen LogP contribution in [0.4, 0.5) is 0 Å². The number of aryl methyl sites for hydroxylation is 1. The lowest BCUT2D eigenvalue weighted by molar-refractivity contribution is 0.655. The molecule has 0 fully saturated rings. The van der Waals surface area contributed by atoms with Crippen molar-refractivity contribution >= 4 is 43.2 Å². The zero-order valence-electron chi connectivity index (χ0n) is 8.37. The number of fused-ring (bicyclic) bond motifs is 5. The number of rotatable bonds is 0. The first-order valence-corrected chi connectivity index (χ1v) is 6.95. The molecule has 76 valence electrons. The van der Waals surface area contributed by atoms with Gasteiger partial charge in [0.25, 0.3) is 0 Å². The first-order valence-electron chi connectivity index (χ1n) is 5.26. The second kappa shape index (κ2) is 2.66. The largest absolute Gasteiger partial charge is 0.454 e. The smallest absolute Gasteiger partial charge is 0.150 e. The molecule has 0 aromatic carbocycles. The molecule has 0 amide bonds. The zero-order valence-corrected chi connectivity index (χ0v) is 10.0. The summed E-state index contributed by atoms with van der Waals surface area (Å²) in [7, 11) is 0. The fourth-order valence-corrected chi connectivity index (χ4v) is 4.88. The molecule has 0 N–H and O–H groups in total. The maximum Gasteiger partial charge on any atom is 0.150 e. The highest BCUT2D eigenvalue weighted by atomic mass is 32.1. The number of hydrogen-bond acceptors (Lipinski definition) is 3. The van der Waals surface area contributed by atoms with Crippen LogP contribution in [0.5, 0.6) is 0 Å². The van der Waals surface area contributed by atoms with E-state index in [2.05, 4.69) is 18.4 Å². The quantitative estimate of drug-likeness (QED) is 0.546. The highest BCUT2D eigenvalue weighted by Gasteiger charge is 2.27. The van der Waals surface area contributed by atoms with Crippen LogP contribution in [0.3, 0.4) is 0 Å². The Kier molecular flexibility index (Phi) is 1.48. The molecule has 1 aliphatic carbocycles. The van der Waals surface area contributed by atoms with Gasteiger partial charge in [-0.05, 0) is 30.2 Å². The van der Waals surface area contributed by atoms with Crippen LogP contribution >= 0.6 is 22.7 Å².